The fraction of sp³-hybridized carbons (Fsp3) is 0.571. The molecule has 2 rings (SSSR count). The molecule has 0 spiro atoms. The van der Waals surface area contributed by atoms with Crippen molar-refractivity contribution in [3.8, 4) is 6.07 Å². The lowest BCUT2D eigenvalue weighted by molar-refractivity contribution is 0.620. The first kappa shape index (κ1) is 11.9. The van der Waals surface area contributed by atoms with E-state index >= 15 is 0 Å². The van der Waals surface area contributed by atoms with Crippen LogP contribution in [0.4, 0.5) is 5.82 Å². The minimum absolute atomic E-state index is 0.487. The molecule has 0 bridgehead atoms. The Balaban J connectivity index is 2.46. The third kappa shape index (κ3) is 2.00. The monoisotopic (exact) mass is 229 g/mol. The van der Waals surface area contributed by atoms with E-state index in [1.54, 1.807) is 0 Å². The molecule has 3 nitrogen and oxygen atoms in total. The van der Waals surface area contributed by atoms with E-state index in [-0.39, 0.29) is 0 Å². The quantitative estimate of drug-likeness (QED) is 0.782. The average Bonchev–Trinajstić information content (AvgIpc) is 2.70. The number of nitriles is 1. The minimum Gasteiger partial charge on any atom is -0.350 e. The molecule has 0 saturated carbocycles. The molecule has 0 aliphatic carbocycles. The van der Waals surface area contributed by atoms with Crippen LogP contribution < -0.4 is 4.90 Å². The summed E-state index contributed by atoms with van der Waals surface area (Å²) in [6.45, 7) is 6.41. The number of aryl methyl sites for hydroxylation is 1. The highest BCUT2D eigenvalue weighted by Crippen LogP contribution is 2.33. The molecule has 2 unspecified atom stereocenters. The van der Waals surface area contributed by atoms with Gasteiger partial charge in [0, 0.05) is 18.3 Å². The molecule has 1 aromatic rings. The largest absolute Gasteiger partial charge is 0.350 e. The van der Waals surface area contributed by atoms with Crippen molar-refractivity contribution in [1.29, 1.82) is 5.26 Å². The van der Waals surface area contributed by atoms with E-state index < -0.39 is 0 Å². The van der Waals surface area contributed by atoms with Crippen molar-refractivity contribution in [3.63, 3.8) is 0 Å². The van der Waals surface area contributed by atoms with Crippen LogP contribution in [0.1, 0.15) is 44.2 Å². The van der Waals surface area contributed by atoms with Crippen LogP contribution in [0.3, 0.4) is 0 Å². The molecule has 2 heterocycles. The third-order valence-electron chi connectivity index (χ3n) is 3.75. The van der Waals surface area contributed by atoms with Gasteiger partial charge in [0.05, 0.1) is 5.56 Å². The summed E-state index contributed by atoms with van der Waals surface area (Å²) < 4.78 is 0. The molecular formula is C14H19N3. The smallest absolute Gasteiger partial charge is 0.147 e. The van der Waals surface area contributed by atoms with Gasteiger partial charge < -0.3 is 4.90 Å². The standard InChI is InChI=1S/C14H19N3/c1-4-12-6-5-11(3)17(12)14-13(9-15)10(2)7-8-16-14/h7-8,11-12H,4-6H2,1-3H3. The van der Waals surface area contributed by atoms with Gasteiger partial charge in [-0.2, -0.15) is 5.26 Å². The zero-order valence-corrected chi connectivity index (χ0v) is 10.8. The fourth-order valence-electron chi connectivity index (χ4n) is 2.73. The topological polar surface area (TPSA) is 39.9 Å². The van der Waals surface area contributed by atoms with Crippen LogP contribution >= 0.6 is 0 Å². The predicted octanol–water partition coefficient (Wildman–Crippen LogP) is 3.03. The normalized spacial score (nSPS) is 23.8. The van der Waals surface area contributed by atoms with E-state index in [1.165, 1.54) is 12.8 Å². The second-order valence-electron chi connectivity index (χ2n) is 4.83. The van der Waals surface area contributed by atoms with E-state index in [0.717, 1.165) is 23.4 Å². The van der Waals surface area contributed by atoms with Gasteiger partial charge in [0.1, 0.15) is 11.9 Å². The molecule has 1 fully saturated rings. The lowest BCUT2D eigenvalue weighted by Gasteiger charge is -2.30. The number of hydrogen-bond acceptors (Lipinski definition) is 3. The van der Waals surface area contributed by atoms with E-state index in [0.29, 0.717) is 12.1 Å². The van der Waals surface area contributed by atoms with Crippen LogP contribution in [0.15, 0.2) is 12.3 Å². The summed E-state index contributed by atoms with van der Waals surface area (Å²) >= 11 is 0. The second kappa shape index (κ2) is 4.75. The van der Waals surface area contributed by atoms with Gasteiger partial charge in [-0.05, 0) is 44.7 Å². The Morgan fingerprint density at radius 3 is 2.94 bits per heavy atom. The third-order valence-corrected chi connectivity index (χ3v) is 3.75. The zero-order valence-electron chi connectivity index (χ0n) is 10.8. The minimum atomic E-state index is 0.487. The summed E-state index contributed by atoms with van der Waals surface area (Å²) in [4.78, 5) is 6.78. The molecule has 0 radical (unpaired) electrons. The van der Waals surface area contributed by atoms with Crippen molar-refractivity contribution < 1.29 is 0 Å². The van der Waals surface area contributed by atoms with Crippen LogP contribution in [-0.2, 0) is 0 Å². The lowest BCUT2D eigenvalue weighted by atomic mass is 10.1. The Morgan fingerprint density at radius 1 is 1.53 bits per heavy atom. The van der Waals surface area contributed by atoms with Crippen LogP contribution in [0.5, 0.6) is 0 Å². The van der Waals surface area contributed by atoms with Crippen molar-refractivity contribution in [1.82, 2.24) is 4.98 Å². The Morgan fingerprint density at radius 2 is 2.29 bits per heavy atom. The first-order valence-electron chi connectivity index (χ1n) is 6.33. The summed E-state index contributed by atoms with van der Waals surface area (Å²) in [5.41, 5.74) is 1.76. The Labute approximate surface area is 103 Å². The Bertz CT molecular complexity index is 447. The molecule has 1 saturated heterocycles. The van der Waals surface area contributed by atoms with Gasteiger partial charge in [0.25, 0.3) is 0 Å². The van der Waals surface area contributed by atoms with Gasteiger partial charge in [-0.15, -0.1) is 0 Å². The highest BCUT2D eigenvalue weighted by Gasteiger charge is 2.31. The second-order valence-corrected chi connectivity index (χ2v) is 4.83. The number of aromatic nitrogens is 1. The maximum Gasteiger partial charge on any atom is 0.147 e. The SMILES string of the molecule is CCC1CCC(C)N1c1nccc(C)c1C#N. The Kier molecular flexibility index (Phi) is 3.33. The molecular weight excluding hydrogens is 210 g/mol. The number of anilines is 1. The highest BCUT2D eigenvalue weighted by molar-refractivity contribution is 5.58. The molecule has 0 aromatic carbocycles. The van der Waals surface area contributed by atoms with Gasteiger partial charge in [0.2, 0.25) is 0 Å². The van der Waals surface area contributed by atoms with E-state index in [1.807, 2.05) is 19.2 Å². The molecule has 0 N–H and O–H groups in total. The maximum absolute atomic E-state index is 9.29. The van der Waals surface area contributed by atoms with Crippen LogP contribution in [0, 0.1) is 18.3 Å². The van der Waals surface area contributed by atoms with Crippen molar-refractivity contribution in [2.24, 2.45) is 0 Å². The van der Waals surface area contributed by atoms with Gasteiger partial charge in [-0.25, -0.2) is 4.98 Å². The molecule has 90 valence electrons. The summed E-state index contributed by atoms with van der Waals surface area (Å²) in [6.07, 6.45) is 5.32. The van der Waals surface area contributed by atoms with Crippen molar-refractivity contribution in [2.45, 2.75) is 52.1 Å². The lowest BCUT2D eigenvalue weighted by Crippen LogP contribution is -2.35. The van der Waals surface area contributed by atoms with Crippen molar-refractivity contribution >= 4 is 5.82 Å². The molecule has 1 aliphatic rings. The van der Waals surface area contributed by atoms with E-state index in [4.69, 9.17) is 0 Å². The van der Waals surface area contributed by atoms with Crippen LogP contribution in [0.25, 0.3) is 0 Å². The highest BCUT2D eigenvalue weighted by atomic mass is 15.3. The summed E-state index contributed by atoms with van der Waals surface area (Å²) in [6, 6.07) is 5.23. The predicted molar refractivity (Wildman–Crippen MR) is 68.9 cm³/mol. The molecule has 3 heteroatoms. The molecule has 1 aliphatic heterocycles. The Hall–Kier alpha value is -1.56. The number of nitrogens with zero attached hydrogens (tertiary/aromatic N) is 3. The number of hydrogen-bond donors (Lipinski definition) is 0. The summed E-state index contributed by atoms with van der Waals surface area (Å²) in [5, 5.41) is 9.29. The van der Waals surface area contributed by atoms with Crippen molar-refractivity contribution in [3.05, 3.63) is 23.4 Å². The molecule has 0 amide bonds. The molecule has 1 aromatic heterocycles. The van der Waals surface area contributed by atoms with Gasteiger partial charge >= 0.3 is 0 Å². The van der Waals surface area contributed by atoms with Gasteiger partial charge in [0.15, 0.2) is 0 Å². The summed E-state index contributed by atoms with van der Waals surface area (Å²) in [7, 11) is 0. The zero-order chi connectivity index (χ0) is 12.4. The van der Waals surface area contributed by atoms with E-state index in [2.05, 4.69) is 29.8 Å². The number of rotatable bonds is 2. The average molecular weight is 229 g/mol. The van der Waals surface area contributed by atoms with Crippen LogP contribution in [0.2, 0.25) is 0 Å². The van der Waals surface area contributed by atoms with E-state index in [9.17, 15) is 5.26 Å². The van der Waals surface area contributed by atoms with Gasteiger partial charge in [-0.3, -0.25) is 0 Å². The fourth-order valence-corrected chi connectivity index (χ4v) is 2.73. The molecule has 17 heavy (non-hydrogen) atoms. The van der Waals surface area contributed by atoms with Gasteiger partial charge in [-0.1, -0.05) is 6.92 Å². The first-order chi connectivity index (χ1) is 8.19. The number of pyridine rings is 1. The van der Waals surface area contributed by atoms with Crippen molar-refractivity contribution in [2.75, 3.05) is 4.90 Å². The van der Waals surface area contributed by atoms with Crippen LogP contribution in [-0.4, -0.2) is 17.1 Å². The first-order valence-corrected chi connectivity index (χ1v) is 6.33. The maximum atomic E-state index is 9.29. The summed E-state index contributed by atoms with van der Waals surface area (Å²) in [5.74, 6) is 0.879. The molecule has 2 atom stereocenters.